The van der Waals surface area contributed by atoms with Crippen LogP contribution in [0.15, 0.2) is 22.3 Å². The first kappa shape index (κ1) is 14.1. The fourth-order valence-corrected chi connectivity index (χ4v) is 3.43. The number of aromatic amines is 1. The average Bonchev–Trinajstić information content (AvgIpc) is 3.00. The van der Waals surface area contributed by atoms with E-state index in [1.54, 1.807) is 6.07 Å². The highest BCUT2D eigenvalue weighted by Crippen LogP contribution is 2.33. The van der Waals surface area contributed by atoms with Crippen LogP contribution in [-0.4, -0.2) is 15.0 Å². The van der Waals surface area contributed by atoms with E-state index in [2.05, 4.69) is 20.3 Å². The molecule has 0 radical (unpaired) electrons. The summed E-state index contributed by atoms with van der Waals surface area (Å²) in [6.45, 7) is 1.89. The summed E-state index contributed by atoms with van der Waals surface area (Å²) < 4.78 is 0. The maximum atomic E-state index is 11.4. The molecule has 0 bridgehead atoms. The Kier molecular flexibility index (Phi) is 3.66. The van der Waals surface area contributed by atoms with E-state index < -0.39 is 0 Å². The van der Waals surface area contributed by atoms with Crippen molar-refractivity contribution in [3.63, 3.8) is 0 Å². The monoisotopic (exact) mass is 339 g/mol. The van der Waals surface area contributed by atoms with E-state index in [9.17, 15) is 4.79 Å². The minimum absolute atomic E-state index is 0.149. The first-order valence-corrected chi connectivity index (χ1v) is 7.95. The SMILES string of the molecule is Cc1nc(N)sc1-c1csc(Nc2ccc(Cl)c(=O)[nH]2)n1. The molecule has 3 heterocycles. The number of hydrogen-bond donors (Lipinski definition) is 3. The Morgan fingerprint density at radius 3 is 2.86 bits per heavy atom. The molecule has 0 aliphatic carbocycles. The highest BCUT2D eigenvalue weighted by Gasteiger charge is 2.12. The van der Waals surface area contributed by atoms with Gasteiger partial charge >= 0.3 is 0 Å². The Bertz CT molecular complexity index is 853. The van der Waals surface area contributed by atoms with Crippen LogP contribution in [0.3, 0.4) is 0 Å². The fraction of sp³-hybridized carbons (Fsp3) is 0.0833. The van der Waals surface area contributed by atoms with E-state index in [1.165, 1.54) is 28.7 Å². The molecule has 0 aliphatic rings. The zero-order valence-electron chi connectivity index (χ0n) is 10.8. The summed E-state index contributed by atoms with van der Waals surface area (Å²) in [7, 11) is 0. The average molecular weight is 340 g/mol. The zero-order valence-corrected chi connectivity index (χ0v) is 13.2. The Balaban J connectivity index is 1.86. The van der Waals surface area contributed by atoms with Crippen LogP contribution in [0.2, 0.25) is 5.02 Å². The molecule has 3 rings (SSSR count). The van der Waals surface area contributed by atoms with Crippen molar-refractivity contribution < 1.29 is 0 Å². The van der Waals surface area contributed by atoms with Gasteiger partial charge in [-0.1, -0.05) is 22.9 Å². The third kappa shape index (κ3) is 2.92. The van der Waals surface area contributed by atoms with Gasteiger partial charge in [-0.15, -0.1) is 11.3 Å². The van der Waals surface area contributed by atoms with Gasteiger partial charge in [0.25, 0.3) is 5.56 Å². The number of thiazole rings is 2. The topological polar surface area (TPSA) is 96.7 Å². The molecular weight excluding hydrogens is 330 g/mol. The summed E-state index contributed by atoms with van der Waals surface area (Å²) in [6.07, 6.45) is 0. The number of halogens is 1. The lowest BCUT2D eigenvalue weighted by Gasteiger charge is -2.01. The molecule has 6 nitrogen and oxygen atoms in total. The predicted molar refractivity (Wildman–Crippen MR) is 87.7 cm³/mol. The minimum atomic E-state index is -0.343. The van der Waals surface area contributed by atoms with Crippen LogP contribution in [-0.2, 0) is 0 Å². The van der Waals surface area contributed by atoms with E-state index >= 15 is 0 Å². The van der Waals surface area contributed by atoms with Gasteiger partial charge in [0.05, 0.1) is 16.3 Å². The second-order valence-corrected chi connectivity index (χ2v) is 6.47. The third-order valence-electron chi connectivity index (χ3n) is 2.65. The lowest BCUT2D eigenvalue weighted by Crippen LogP contribution is -2.08. The van der Waals surface area contributed by atoms with Gasteiger partial charge in [0.2, 0.25) is 0 Å². The summed E-state index contributed by atoms with van der Waals surface area (Å²) >= 11 is 8.51. The molecule has 108 valence electrons. The summed E-state index contributed by atoms with van der Waals surface area (Å²) in [6, 6.07) is 3.21. The van der Waals surface area contributed by atoms with Crippen LogP contribution >= 0.6 is 34.3 Å². The van der Waals surface area contributed by atoms with Crippen molar-refractivity contribution in [1.82, 2.24) is 15.0 Å². The summed E-state index contributed by atoms with van der Waals surface area (Å²) in [5.74, 6) is 0.533. The van der Waals surface area contributed by atoms with Gasteiger partial charge in [0.15, 0.2) is 10.3 Å². The van der Waals surface area contributed by atoms with Gasteiger partial charge < -0.3 is 16.0 Å². The Morgan fingerprint density at radius 2 is 2.19 bits per heavy atom. The number of nitrogen functional groups attached to an aromatic ring is 1. The smallest absolute Gasteiger partial charge is 0.268 e. The fourth-order valence-electron chi connectivity index (χ4n) is 1.73. The Morgan fingerprint density at radius 1 is 1.38 bits per heavy atom. The lowest BCUT2D eigenvalue weighted by atomic mass is 10.3. The van der Waals surface area contributed by atoms with Crippen molar-refractivity contribution in [2.45, 2.75) is 6.92 Å². The van der Waals surface area contributed by atoms with E-state index in [4.69, 9.17) is 17.3 Å². The van der Waals surface area contributed by atoms with Gasteiger partial charge in [-0.05, 0) is 19.1 Å². The lowest BCUT2D eigenvalue weighted by molar-refractivity contribution is 1.22. The number of anilines is 3. The summed E-state index contributed by atoms with van der Waals surface area (Å²) in [5, 5.41) is 6.28. The molecule has 21 heavy (non-hydrogen) atoms. The van der Waals surface area contributed by atoms with Gasteiger partial charge in [0.1, 0.15) is 10.8 Å². The zero-order chi connectivity index (χ0) is 15.0. The van der Waals surface area contributed by atoms with Gasteiger partial charge in [-0.2, -0.15) is 0 Å². The summed E-state index contributed by atoms with van der Waals surface area (Å²) in [4.78, 5) is 23.7. The molecular formula is C12H10ClN5OS2. The predicted octanol–water partition coefficient (Wildman–Crippen LogP) is 3.24. The normalized spacial score (nSPS) is 10.8. The van der Waals surface area contributed by atoms with Crippen LogP contribution in [0.5, 0.6) is 0 Å². The second-order valence-electron chi connectivity index (χ2n) is 4.18. The largest absolute Gasteiger partial charge is 0.375 e. The van der Waals surface area contributed by atoms with Crippen molar-refractivity contribution in [3.05, 3.63) is 38.6 Å². The van der Waals surface area contributed by atoms with Gasteiger partial charge in [-0.3, -0.25) is 4.79 Å². The molecule has 0 saturated heterocycles. The van der Waals surface area contributed by atoms with Crippen LogP contribution in [0.25, 0.3) is 10.6 Å². The number of aromatic nitrogens is 3. The molecule has 0 aromatic carbocycles. The van der Waals surface area contributed by atoms with E-state index in [-0.39, 0.29) is 10.6 Å². The molecule has 0 saturated carbocycles. The molecule has 3 aromatic heterocycles. The van der Waals surface area contributed by atoms with Gasteiger partial charge in [0, 0.05) is 5.38 Å². The van der Waals surface area contributed by atoms with Crippen molar-refractivity contribution in [2.24, 2.45) is 0 Å². The van der Waals surface area contributed by atoms with E-state index in [1.807, 2.05) is 12.3 Å². The number of nitrogens with two attached hydrogens (primary N) is 1. The van der Waals surface area contributed by atoms with Crippen molar-refractivity contribution in [2.75, 3.05) is 11.1 Å². The third-order valence-corrected chi connectivity index (χ3v) is 4.72. The molecule has 0 fully saturated rings. The highest BCUT2D eigenvalue weighted by molar-refractivity contribution is 7.19. The van der Waals surface area contributed by atoms with Crippen molar-refractivity contribution in [3.8, 4) is 10.6 Å². The van der Waals surface area contributed by atoms with Crippen LogP contribution < -0.4 is 16.6 Å². The Labute approximate surface area is 132 Å². The molecule has 4 N–H and O–H groups in total. The van der Waals surface area contributed by atoms with Crippen molar-refractivity contribution in [1.29, 1.82) is 0 Å². The number of rotatable bonds is 3. The second kappa shape index (κ2) is 5.47. The molecule has 0 spiro atoms. The van der Waals surface area contributed by atoms with Crippen LogP contribution in [0, 0.1) is 6.92 Å². The first-order chi connectivity index (χ1) is 10.0. The number of H-pyrrole nitrogens is 1. The highest BCUT2D eigenvalue weighted by atomic mass is 35.5. The van der Waals surface area contributed by atoms with Gasteiger partial charge in [-0.25, -0.2) is 9.97 Å². The Hall–Kier alpha value is -1.90. The van der Waals surface area contributed by atoms with E-state index in [0.717, 1.165) is 16.3 Å². The number of nitrogens with zero attached hydrogens (tertiary/aromatic N) is 2. The molecule has 3 aromatic rings. The maximum Gasteiger partial charge on any atom is 0.268 e. The van der Waals surface area contributed by atoms with Crippen LogP contribution in [0.1, 0.15) is 5.69 Å². The standard InChI is InChI=1S/C12H10ClN5OS2/c1-5-9(21-11(14)15-5)7-4-20-12(16-7)18-8-3-2-6(13)10(19)17-8/h2-4H,1H3,(H2,14,15)(H2,16,17,18,19). The summed E-state index contributed by atoms with van der Waals surface area (Å²) in [5.41, 5.74) is 7.02. The van der Waals surface area contributed by atoms with E-state index in [0.29, 0.717) is 16.1 Å². The quantitative estimate of drug-likeness (QED) is 0.680. The number of aryl methyl sites for hydroxylation is 1. The number of hydrogen-bond acceptors (Lipinski definition) is 7. The molecule has 0 aliphatic heterocycles. The molecule has 9 heteroatoms. The first-order valence-electron chi connectivity index (χ1n) is 5.87. The number of pyridine rings is 1. The number of nitrogens with one attached hydrogen (secondary N) is 2. The minimum Gasteiger partial charge on any atom is -0.375 e. The molecule has 0 unspecified atom stereocenters. The molecule has 0 amide bonds. The van der Waals surface area contributed by atoms with Crippen molar-refractivity contribution >= 4 is 50.4 Å². The van der Waals surface area contributed by atoms with Crippen LogP contribution in [0.4, 0.5) is 16.1 Å². The molecule has 0 atom stereocenters. The maximum absolute atomic E-state index is 11.4.